The first-order valence-electron chi connectivity index (χ1n) is 6.10. The fourth-order valence-corrected chi connectivity index (χ4v) is 1.53. The van der Waals surface area contributed by atoms with Crippen LogP contribution in [0.4, 0.5) is 0 Å². The first-order valence-corrected chi connectivity index (χ1v) is 6.10. The Morgan fingerprint density at radius 1 is 1.44 bits per heavy atom. The fraction of sp³-hybridized carbons (Fsp3) is 0.429. The molecule has 0 aliphatic carbocycles. The van der Waals surface area contributed by atoms with Crippen molar-refractivity contribution in [2.45, 2.75) is 25.8 Å². The molecule has 0 aromatic heterocycles. The molecule has 4 nitrogen and oxygen atoms in total. The second-order valence-electron chi connectivity index (χ2n) is 4.41. The van der Waals surface area contributed by atoms with Gasteiger partial charge < -0.3 is 11.1 Å². The van der Waals surface area contributed by atoms with Crippen molar-refractivity contribution in [2.75, 3.05) is 6.54 Å². The van der Waals surface area contributed by atoms with E-state index in [2.05, 4.69) is 11.4 Å². The largest absolute Gasteiger partial charge is 0.353 e. The van der Waals surface area contributed by atoms with Gasteiger partial charge in [0, 0.05) is 6.54 Å². The highest BCUT2D eigenvalue weighted by atomic mass is 16.2. The summed E-state index contributed by atoms with van der Waals surface area (Å²) in [7, 11) is 0. The molecule has 2 atom stereocenters. The molecule has 96 valence electrons. The summed E-state index contributed by atoms with van der Waals surface area (Å²) in [6.07, 6.45) is 1.39. The molecule has 1 amide bonds. The third-order valence-corrected chi connectivity index (χ3v) is 2.73. The first-order chi connectivity index (χ1) is 8.63. The zero-order chi connectivity index (χ0) is 13.4. The number of aryl methyl sites for hydroxylation is 1. The van der Waals surface area contributed by atoms with E-state index in [1.165, 1.54) is 5.56 Å². The van der Waals surface area contributed by atoms with Gasteiger partial charge in [0.2, 0.25) is 5.91 Å². The SMILES string of the molecule is CC(C#N)CNC(=O)[C@@H](N)CCc1ccccc1. The molecule has 0 aliphatic rings. The van der Waals surface area contributed by atoms with Crippen LogP contribution in [-0.4, -0.2) is 18.5 Å². The molecule has 1 aromatic rings. The molecule has 18 heavy (non-hydrogen) atoms. The van der Waals surface area contributed by atoms with Crippen LogP contribution in [0.15, 0.2) is 30.3 Å². The van der Waals surface area contributed by atoms with Gasteiger partial charge in [0.1, 0.15) is 0 Å². The lowest BCUT2D eigenvalue weighted by Gasteiger charge is -2.12. The molecule has 1 unspecified atom stereocenters. The summed E-state index contributed by atoms with van der Waals surface area (Å²) in [5.74, 6) is -0.372. The van der Waals surface area contributed by atoms with Crippen molar-refractivity contribution in [2.24, 2.45) is 11.7 Å². The Kier molecular flexibility index (Phi) is 5.89. The maximum atomic E-state index is 11.6. The number of rotatable bonds is 6. The van der Waals surface area contributed by atoms with Crippen molar-refractivity contribution in [1.82, 2.24) is 5.32 Å². The molecular formula is C14H19N3O. The van der Waals surface area contributed by atoms with Crippen LogP contribution in [0, 0.1) is 17.2 Å². The maximum Gasteiger partial charge on any atom is 0.236 e. The molecule has 0 saturated carbocycles. The predicted molar refractivity (Wildman–Crippen MR) is 70.5 cm³/mol. The quantitative estimate of drug-likeness (QED) is 0.791. The van der Waals surface area contributed by atoms with Crippen molar-refractivity contribution < 1.29 is 4.79 Å². The standard InChI is InChI=1S/C14H19N3O/c1-11(9-15)10-17-14(18)13(16)8-7-12-5-3-2-4-6-12/h2-6,11,13H,7-8,10,16H2,1H3,(H,17,18)/t11?,13-/m0/s1. The number of carbonyl (C=O) groups is 1. The van der Waals surface area contributed by atoms with Crippen molar-refractivity contribution >= 4 is 5.91 Å². The van der Waals surface area contributed by atoms with Gasteiger partial charge in [-0.15, -0.1) is 0 Å². The Hall–Kier alpha value is -1.86. The van der Waals surface area contributed by atoms with Crippen LogP contribution >= 0.6 is 0 Å². The van der Waals surface area contributed by atoms with E-state index < -0.39 is 6.04 Å². The highest BCUT2D eigenvalue weighted by Crippen LogP contribution is 2.04. The molecule has 4 heteroatoms. The molecule has 3 N–H and O–H groups in total. The summed E-state index contributed by atoms with van der Waals surface area (Å²) in [5, 5.41) is 11.3. The molecular weight excluding hydrogens is 226 g/mol. The molecule has 1 rings (SSSR count). The predicted octanol–water partition coefficient (Wildman–Crippen LogP) is 1.22. The van der Waals surface area contributed by atoms with E-state index in [0.29, 0.717) is 13.0 Å². The minimum atomic E-state index is -0.518. The van der Waals surface area contributed by atoms with E-state index in [-0.39, 0.29) is 11.8 Å². The Morgan fingerprint density at radius 2 is 2.11 bits per heavy atom. The van der Waals surface area contributed by atoms with Crippen LogP contribution in [0.3, 0.4) is 0 Å². The molecule has 0 spiro atoms. The van der Waals surface area contributed by atoms with Gasteiger partial charge in [-0.1, -0.05) is 30.3 Å². The zero-order valence-corrected chi connectivity index (χ0v) is 10.6. The van der Waals surface area contributed by atoms with Crippen LogP contribution < -0.4 is 11.1 Å². The minimum absolute atomic E-state index is 0.185. The van der Waals surface area contributed by atoms with E-state index in [4.69, 9.17) is 11.0 Å². The summed E-state index contributed by atoms with van der Waals surface area (Å²) < 4.78 is 0. The number of hydrogen-bond donors (Lipinski definition) is 2. The van der Waals surface area contributed by atoms with E-state index >= 15 is 0 Å². The van der Waals surface area contributed by atoms with Crippen LogP contribution in [0.1, 0.15) is 18.9 Å². The lowest BCUT2D eigenvalue weighted by molar-refractivity contribution is -0.122. The summed E-state index contributed by atoms with van der Waals surface area (Å²) in [6.45, 7) is 2.12. The van der Waals surface area contributed by atoms with E-state index in [9.17, 15) is 4.79 Å². The highest BCUT2D eigenvalue weighted by molar-refractivity contribution is 5.81. The van der Waals surface area contributed by atoms with Gasteiger partial charge in [-0.3, -0.25) is 4.79 Å². The fourth-order valence-electron chi connectivity index (χ4n) is 1.53. The third kappa shape index (κ3) is 4.98. The number of hydrogen-bond acceptors (Lipinski definition) is 3. The van der Waals surface area contributed by atoms with Gasteiger partial charge in [-0.25, -0.2) is 0 Å². The van der Waals surface area contributed by atoms with Crippen LogP contribution in [0.2, 0.25) is 0 Å². The average Bonchev–Trinajstić information content (AvgIpc) is 2.42. The normalized spacial score (nSPS) is 13.4. The Balaban J connectivity index is 2.30. The van der Waals surface area contributed by atoms with Gasteiger partial charge in [0.15, 0.2) is 0 Å². The molecule has 0 aliphatic heterocycles. The van der Waals surface area contributed by atoms with Crippen LogP contribution in [0.25, 0.3) is 0 Å². The number of amides is 1. The van der Waals surface area contributed by atoms with Crippen molar-refractivity contribution in [3.05, 3.63) is 35.9 Å². The van der Waals surface area contributed by atoms with Crippen LogP contribution in [-0.2, 0) is 11.2 Å². The average molecular weight is 245 g/mol. The van der Waals surface area contributed by atoms with E-state index in [1.807, 2.05) is 30.3 Å². The minimum Gasteiger partial charge on any atom is -0.353 e. The van der Waals surface area contributed by atoms with E-state index in [0.717, 1.165) is 6.42 Å². The lowest BCUT2D eigenvalue weighted by atomic mass is 10.1. The third-order valence-electron chi connectivity index (χ3n) is 2.73. The molecule has 0 heterocycles. The molecule has 0 bridgehead atoms. The smallest absolute Gasteiger partial charge is 0.236 e. The Labute approximate surface area is 108 Å². The number of benzene rings is 1. The summed E-state index contributed by atoms with van der Waals surface area (Å²) in [4.78, 5) is 11.6. The number of nitrogens with one attached hydrogen (secondary N) is 1. The first kappa shape index (κ1) is 14.2. The Bertz CT molecular complexity index is 411. The molecule has 0 fully saturated rings. The monoisotopic (exact) mass is 245 g/mol. The van der Waals surface area contributed by atoms with Gasteiger partial charge >= 0.3 is 0 Å². The second kappa shape index (κ2) is 7.46. The zero-order valence-electron chi connectivity index (χ0n) is 10.6. The number of carbonyl (C=O) groups excluding carboxylic acids is 1. The summed E-state index contributed by atoms with van der Waals surface area (Å²) in [6, 6.07) is 11.5. The van der Waals surface area contributed by atoms with Gasteiger partial charge in [-0.2, -0.15) is 5.26 Å². The summed E-state index contributed by atoms with van der Waals surface area (Å²) in [5.41, 5.74) is 6.97. The molecule has 0 saturated heterocycles. The van der Waals surface area contributed by atoms with Gasteiger partial charge in [0.25, 0.3) is 0 Å². The number of nitriles is 1. The second-order valence-corrected chi connectivity index (χ2v) is 4.41. The van der Waals surface area contributed by atoms with Crippen LogP contribution in [0.5, 0.6) is 0 Å². The van der Waals surface area contributed by atoms with E-state index in [1.54, 1.807) is 6.92 Å². The van der Waals surface area contributed by atoms with Gasteiger partial charge in [-0.05, 0) is 25.3 Å². The van der Waals surface area contributed by atoms with Gasteiger partial charge in [0.05, 0.1) is 18.0 Å². The molecule has 0 radical (unpaired) electrons. The molecule has 1 aromatic carbocycles. The van der Waals surface area contributed by atoms with Crippen molar-refractivity contribution in [3.63, 3.8) is 0 Å². The maximum absolute atomic E-state index is 11.6. The number of nitrogens with two attached hydrogens (primary N) is 1. The lowest BCUT2D eigenvalue weighted by Crippen LogP contribution is -2.42. The van der Waals surface area contributed by atoms with Crippen molar-refractivity contribution in [3.8, 4) is 6.07 Å². The number of nitrogens with zero attached hydrogens (tertiary/aromatic N) is 1. The Morgan fingerprint density at radius 3 is 2.72 bits per heavy atom. The summed E-state index contributed by atoms with van der Waals surface area (Å²) >= 11 is 0. The topological polar surface area (TPSA) is 78.9 Å². The van der Waals surface area contributed by atoms with Crippen molar-refractivity contribution in [1.29, 1.82) is 5.26 Å². The highest BCUT2D eigenvalue weighted by Gasteiger charge is 2.13.